The molecule has 0 spiro atoms. The average Bonchev–Trinajstić information content (AvgIpc) is 2.52. The Kier molecular flexibility index (Phi) is 1.87. The second-order valence-corrected chi connectivity index (χ2v) is 8.82. The van der Waals surface area contributed by atoms with Gasteiger partial charge in [-0.1, -0.05) is 24.7 Å². The van der Waals surface area contributed by atoms with Crippen LogP contribution in [0.4, 0.5) is 0 Å². The lowest BCUT2D eigenvalue weighted by atomic mass is 9.25. The summed E-state index contributed by atoms with van der Waals surface area (Å²) in [6.45, 7) is 2.39. The molecule has 0 nitrogen and oxygen atoms in total. The fourth-order valence-electron chi connectivity index (χ4n) is 8.14. The Morgan fingerprint density at radius 3 is 2.29 bits per heavy atom. The molecule has 0 heterocycles. The summed E-state index contributed by atoms with van der Waals surface area (Å²) in [5.41, 5.74) is 0.314. The molecule has 0 aromatic rings. The van der Waals surface area contributed by atoms with Crippen LogP contribution in [0.2, 0.25) is 0 Å². The molecule has 7 fully saturated rings. The minimum absolute atomic E-state index is 0.0644. The molecule has 0 radical (unpaired) electrons. The summed E-state index contributed by atoms with van der Waals surface area (Å²) in [5.74, 6) is 13.9. The van der Waals surface area contributed by atoms with Crippen LogP contribution in [0.15, 0.2) is 0 Å². The standard InChI is InChI=1S/C21H22/c1-5-19-8-15-14-10-20(6-2)11-17(15)21(7-3,12-19)18(13(20)4)16(14)9-19/h1-3,13-18H,8-12H2,4H3. The summed E-state index contributed by atoms with van der Waals surface area (Å²) in [6, 6.07) is 0. The lowest BCUT2D eigenvalue weighted by Crippen LogP contribution is -2.74. The van der Waals surface area contributed by atoms with E-state index in [1.54, 1.807) is 0 Å². The second-order valence-electron chi connectivity index (χ2n) is 8.82. The van der Waals surface area contributed by atoms with Crippen molar-refractivity contribution in [1.29, 1.82) is 0 Å². The van der Waals surface area contributed by atoms with E-state index in [0.717, 1.165) is 24.2 Å². The van der Waals surface area contributed by atoms with E-state index in [-0.39, 0.29) is 16.2 Å². The smallest absolute Gasteiger partial charge is 0.0391 e. The Labute approximate surface area is 128 Å². The zero-order chi connectivity index (χ0) is 14.6. The van der Waals surface area contributed by atoms with Gasteiger partial charge in [0.2, 0.25) is 0 Å². The van der Waals surface area contributed by atoms with Gasteiger partial charge in [0, 0.05) is 16.2 Å². The van der Waals surface area contributed by atoms with Crippen LogP contribution in [-0.2, 0) is 0 Å². The lowest BCUT2D eigenvalue weighted by Gasteiger charge is -2.78. The normalized spacial score (nSPS) is 64.9. The maximum absolute atomic E-state index is 6.17. The summed E-state index contributed by atoms with van der Waals surface area (Å²) in [5, 5.41) is 0. The molecule has 7 saturated carbocycles. The Morgan fingerprint density at radius 1 is 0.857 bits per heavy atom. The molecule has 7 rings (SSSR count). The molecule has 0 saturated heterocycles. The van der Waals surface area contributed by atoms with Crippen molar-refractivity contribution in [2.75, 3.05) is 0 Å². The lowest BCUT2D eigenvalue weighted by molar-refractivity contribution is -0.282. The molecule has 7 aliphatic carbocycles. The SMILES string of the molecule is C#CC12CC3C4CC5(C#C)CC3C(C#C)(C1)C(C4C2)C5C. The summed E-state index contributed by atoms with van der Waals surface area (Å²) >= 11 is 0. The molecule has 9 unspecified atom stereocenters. The van der Waals surface area contributed by atoms with E-state index < -0.39 is 0 Å². The fraction of sp³-hybridized carbons (Fsp3) is 0.714. The Balaban J connectivity index is 1.76. The van der Waals surface area contributed by atoms with Crippen LogP contribution in [0, 0.1) is 88.8 Å². The van der Waals surface area contributed by atoms with E-state index in [4.69, 9.17) is 19.3 Å². The van der Waals surface area contributed by atoms with Crippen molar-refractivity contribution in [3.63, 3.8) is 0 Å². The van der Waals surface area contributed by atoms with E-state index in [2.05, 4.69) is 24.7 Å². The first-order chi connectivity index (χ1) is 10.0. The van der Waals surface area contributed by atoms with Crippen LogP contribution in [0.25, 0.3) is 0 Å². The van der Waals surface area contributed by atoms with Crippen LogP contribution in [-0.4, -0.2) is 0 Å². The second kappa shape index (κ2) is 3.21. The Hall–Kier alpha value is -1.32. The van der Waals surface area contributed by atoms with Crippen molar-refractivity contribution in [1.82, 2.24) is 0 Å². The zero-order valence-corrected chi connectivity index (χ0v) is 12.7. The van der Waals surface area contributed by atoms with Gasteiger partial charge in [-0.05, 0) is 67.6 Å². The number of terminal acetylenes is 3. The minimum atomic E-state index is 0.0644. The predicted molar refractivity (Wildman–Crippen MR) is 83.5 cm³/mol. The predicted octanol–water partition coefficient (Wildman–Crippen LogP) is 3.58. The first kappa shape index (κ1) is 12.2. The van der Waals surface area contributed by atoms with E-state index >= 15 is 0 Å². The molecule has 9 atom stereocenters. The summed E-state index contributed by atoms with van der Waals surface area (Å²) < 4.78 is 0. The third-order valence-corrected chi connectivity index (χ3v) is 8.68. The average molecular weight is 274 g/mol. The van der Waals surface area contributed by atoms with Gasteiger partial charge in [-0.15, -0.1) is 19.3 Å². The van der Waals surface area contributed by atoms with Gasteiger partial charge in [0.05, 0.1) is 0 Å². The van der Waals surface area contributed by atoms with Crippen LogP contribution in [0.5, 0.6) is 0 Å². The van der Waals surface area contributed by atoms with Crippen molar-refractivity contribution in [3.05, 3.63) is 0 Å². The quantitative estimate of drug-likeness (QED) is 0.592. The van der Waals surface area contributed by atoms with Gasteiger partial charge < -0.3 is 0 Å². The number of rotatable bonds is 0. The van der Waals surface area contributed by atoms with Gasteiger partial charge in [0.15, 0.2) is 0 Å². The molecule has 106 valence electrons. The van der Waals surface area contributed by atoms with Crippen LogP contribution < -0.4 is 0 Å². The minimum Gasteiger partial charge on any atom is -0.120 e. The maximum Gasteiger partial charge on any atom is 0.0391 e. The van der Waals surface area contributed by atoms with Crippen LogP contribution >= 0.6 is 0 Å². The number of hydrogen-bond acceptors (Lipinski definition) is 0. The van der Waals surface area contributed by atoms with Crippen molar-refractivity contribution < 1.29 is 0 Å². The third-order valence-electron chi connectivity index (χ3n) is 8.68. The first-order valence-electron chi connectivity index (χ1n) is 8.48. The van der Waals surface area contributed by atoms with Crippen molar-refractivity contribution in [2.24, 2.45) is 51.8 Å². The first-order valence-corrected chi connectivity index (χ1v) is 8.48. The van der Waals surface area contributed by atoms with Gasteiger partial charge in [0.25, 0.3) is 0 Å². The van der Waals surface area contributed by atoms with E-state index in [1.165, 1.54) is 25.7 Å². The van der Waals surface area contributed by atoms with E-state index in [1.807, 2.05) is 0 Å². The third kappa shape index (κ3) is 1.01. The summed E-state index contributed by atoms with van der Waals surface area (Å²) in [7, 11) is 0. The molecule has 8 bridgehead atoms. The highest BCUT2D eigenvalue weighted by Crippen LogP contribution is 2.81. The summed E-state index contributed by atoms with van der Waals surface area (Å²) in [4.78, 5) is 0. The maximum atomic E-state index is 6.17. The molecule has 0 aromatic carbocycles. The Bertz CT molecular complexity index is 666. The van der Waals surface area contributed by atoms with Gasteiger partial charge in [-0.3, -0.25) is 0 Å². The highest BCUT2D eigenvalue weighted by Gasteiger charge is 2.77. The number of hydrogen-bond donors (Lipinski definition) is 0. The molecular formula is C21H22. The molecule has 21 heavy (non-hydrogen) atoms. The highest BCUT2D eigenvalue weighted by molar-refractivity contribution is 5.37. The topological polar surface area (TPSA) is 0 Å². The van der Waals surface area contributed by atoms with Crippen molar-refractivity contribution in [2.45, 2.75) is 39.0 Å². The molecule has 0 aliphatic heterocycles. The van der Waals surface area contributed by atoms with Crippen molar-refractivity contribution in [3.8, 4) is 37.0 Å². The largest absolute Gasteiger partial charge is 0.120 e. The van der Waals surface area contributed by atoms with Gasteiger partial charge in [-0.25, -0.2) is 0 Å². The van der Waals surface area contributed by atoms with Gasteiger partial charge >= 0.3 is 0 Å². The van der Waals surface area contributed by atoms with E-state index in [9.17, 15) is 0 Å². The van der Waals surface area contributed by atoms with Crippen LogP contribution in [0.3, 0.4) is 0 Å². The van der Waals surface area contributed by atoms with Gasteiger partial charge in [-0.2, -0.15) is 0 Å². The van der Waals surface area contributed by atoms with Crippen LogP contribution in [0.1, 0.15) is 39.0 Å². The molecule has 0 amide bonds. The molecule has 7 aliphatic rings. The molecular weight excluding hydrogens is 252 g/mol. The van der Waals surface area contributed by atoms with Crippen molar-refractivity contribution >= 4 is 0 Å². The summed E-state index contributed by atoms with van der Waals surface area (Å²) in [6.07, 6.45) is 24.1. The molecule has 0 aromatic heterocycles. The van der Waals surface area contributed by atoms with Gasteiger partial charge in [0.1, 0.15) is 0 Å². The highest BCUT2D eigenvalue weighted by atomic mass is 14.8. The molecule has 0 heteroatoms. The molecule has 0 N–H and O–H groups in total. The van der Waals surface area contributed by atoms with E-state index in [0.29, 0.717) is 17.8 Å². The monoisotopic (exact) mass is 274 g/mol. The Morgan fingerprint density at radius 2 is 1.62 bits per heavy atom. The zero-order valence-electron chi connectivity index (χ0n) is 12.7. The fourth-order valence-corrected chi connectivity index (χ4v) is 8.14.